The number of rotatable bonds is 4. The molecule has 22 heavy (non-hydrogen) atoms. The van der Waals surface area contributed by atoms with Crippen LogP contribution in [-0.4, -0.2) is 11.1 Å². The minimum atomic E-state index is -1.15. The van der Waals surface area contributed by atoms with Gasteiger partial charge < -0.3 is 15.7 Å². The SMILES string of the molecule is O=C(NCc1ccc(F)c(CO)c1)Nc1cccc(F)c1F. The number of carbonyl (C=O) groups excluding carboxylic acids is 1. The van der Waals surface area contributed by atoms with Gasteiger partial charge in [0.05, 0.1) is 12.3 Å². The minimum absolute atomic E-state index is 0.0377. The van der Waals surface area contributed by atoms with Crippen LogP contribution in [0.3, 0.4) is 0 Å². The summed E-state index contributed by atoms with van der Waals surface area (Å²) >= 11 is 0. The molecule has 0 spiro atoms. The lowest BCUT2D eigenvalue weighted by molar-refractivity contribution is 0.251. The second-order valence-corrected chi connectivity index (χ2v) is 4.49. The molecule has 0 bridgehead atoms. The van der Waals surface area contributed by atoms with E-state index in [0.717, 1.165) is 6.07 Å². The van der Waals surface area contributed by atoms with Crippen LogP contribution in [0.2, 0.25) is 0 Å². The van der Waals surface area contributed by atoms with Gasteiger partial charge in [-0.25, -0.2) is 18.0 Å². The van der Waals surface area contributed by atoms with Gasteiger partial charge in [-0.05, 0) is 29.8 Å². The van der Waals surface area contributed by atoms with Crippen LogP contribution in [0.5, 0.6) is 0 Å². The molecule has 0 fully saturated rings. The van der Waals surface area contributed by atoms with E-state index in [1.165, 1.54) is 30.3 Å². The lowest BCUT2D eigenvalue weighted by Gasteiger charge is -2.09. The molecule has 0 heterocycles. The second kappa shape index (κ2) is 6.95. The molecule has 3 N–H and O–H groups in total. The third-order valence-corrected chi connectivity index (χ3v) is 2.93. The van der Waals surface area contributed by atoms with Crippen LogP contribution < -0.4 is 10.6 Å². The maximum atomic E-state index is 13.4. The third kappa shape index (κ3) is 3.76. The molecule has 2 aromatic rings. The van der Waals surface area contributed by atoms with Crippen molar-refractivity contribution in [3.05, 3.63) is 65.0 Å². The largest absolute Gasteiger partial charge is 0.392 e. The van der Waals surface area contributed by atoms with Crippen LogP contribution in [0.1, 0.15) is 11.1 Å². The van der Waals surface area contributed by atoms with Gasteiger partial charge in [0.1, 0.15) is 5.82 Å². The Labute approximate surface area is 124 Å². The molecule has 7 heteroatoms. The maximum Gasteiger partial charge on any atom is 0.319 e. The van der Waals surface area contributed by atoms with Crippen molar-refractivity contribution in [3.8, 4) is 0 Å². The zero-order valence-corrected chi connectivity index (χ0v) is 11.4. The van der Waals surface area contributed by atoms with Crippen molar-refractivity contribution >= 4 is 11.7 Å². The first-order chi connectivity index (χ1) is 10.5. The van der Waals surface area contributed by atoms with Gasteiger partial charge in [0.25, 0.3) is 0 Å². The lowest BCUT2D eigenvalue weighted by atomic mass is 10.1. The van der Waals surface area contributed by atoms with E-state index >= 15 is 0 Å². The highest BCUT2D eigenvalue weighted by molar-refractivity contribution is 5.89. The summed E-state index contributed by atoms with van der Waals surface area (Å²) in [7, 11) is 0. The van der Waals surface area contributed by atoms with E-state index in [9.17, 15) is 18.0 Å². The van der Waals surface area contributed by atoms with E-state index < -0.39 is 30.1 Å². The van der Waals surface area contributed by atoms with Crippen LogP contribution in [0, 0.1) is 17.5 Å². The predicted octanol–water partition coefficient (Wildman–Crippen LogP) is 2.92. The number of carbonyl (C=O) groups is 1. The number of benzene rings is 2. The van der Waals surface area contributed by atoms with E-state index in [-0.39, 0.29) is 17.8 Å². The molecule has 0 radical (unpaired) electrons. The minimum Gasteiger partial charge on any atom is -0.392 e. The fourth-order valence-corrected chi connectivity index (χ4v) is 1.81. The van der Waals surface area contributed by atoms with Crippen molar-refractivity contribution in [2.75, 3.05) is 5.32 Å². The van der Waals surface area contributed by atoms with Crippen LogP contribution in [-0.2, 0) is 13.2 Å². The van der Waals surface area contributed by atoms with Crippen LogP contribution in [0.4, 0.5) is 23.7 Å². The average molecular weight is 310 g/mol. The van der Waals surface area contributed by atoms with Gasteiger partial charge >= 0.3 is 6.03 Å². The molecular weight excluding hydrogens is 297 g/mol. The molecule has 116 valence electrons. The highest BCUT2D eigenvalue weighted by Crippen LogP contribution is 2.16. The van der Waals surface area contributed by atoms with Crippen molar-refractivity contribution < 1.29 is 23.1 Å². The van der Waals surface area contributed by atoms with E-state index in [1.807, 2.05) is 0 Å². The summed E-state index contributed by atoms with van der Waals surface area (Å²) in [6.07, 6.45) is 0. The number of anilines is 1. The standard InChI is InChI=1S/C15H13F3N2O2/c16-11-5-4-9(6-10(11)8-21)7-19-15(22)20-13-3-1-2-12(17)14(13)18/h1-6,21H,7-8H2,(H2,19,20,22). The first-order valence-electron chi connectivity index (χ1n) is 6.38. The molecule has 0 aromatic heterocycles. The van der Waals surface area contributed by atoms with E-state index in [2.05, 4.69) is 10.6 Å². The lowest BCUT2D eigenvalue weighted by Crippen LogP contribution is -2.28. The number of aliphatic hydroxyl groups is 1. The van der Waals surface area contributed by atoms with Crippen molar-refractivity contribution in [1.82, 2.24) is 5.32 Å². The van der Waals surface area contributed by atoms with Crippen LogP contribution in [0.25, 0.3) is 0 Å². The molecule has 0 aliphatic heterocycles. The van der Waals surface area contributed by atoms with Crippen molar-refractivity contribution in [2.24, 2.45) is 0 Å². The van der Waals surface area contributed by atoms with Crippen molar-refractivity contribution in [2.45, 2.75) is 13.2 Å². The number of hydrogen-bond acceptors (Lipinski definition) is 2. The summed E-state index contributed by atoms with van der Waals surface area (Å²) in [5.41, 5.74) is 0.379. The molecule has 0 unspecified atom stereocenters. The monoisotopic (exact) mass is 310 g/mol. The van der Waals surface area contributed by atoms with Gasteiger partial charge in [0.2, 0.25) is 0 Å². The Bertz CT molecular complexity index is 692. The van der Waals surface area contributed by atoms with Crippen LogP contribution >= 0.6 is 0 Å². The Morgan fingerprint density at radius 1 is 1.09 bits per heavy atom. The Morgan fingerprint density at radius 2 is 1.86 bits per heavy atom. The summed E-state index contributed by atoms with van der Waals surface area (Å²) in [5.74, 6) is -2.76. The second-order valence-electron chi connectivity index (χ2n) is 4.49. The molecule has 2 amide bonds. The van der Waals surface area contributed by atoms with Gasteiger partial charge in [-0.2, -0.15) is 0 Å². The molecule has 0 aliphatic rings. The highest BCUT2D eigenvalue weighted by atomic mass is 19.2. The van der Waals surface area contributed by atoms with Crippen molar-refractivity contribution in [1.29, 1.82) is 0 Å². The molecule has 0 saturated carbocycles. The number of halogens is 3. The zero-order chi connectivity index (χ0) is 16.1. The van der Waals surface area contributed by atoms with Gasteiger partial charge in [-0.15, -0.1) is 0 Å². The zero-order valence-electron chi connectivity index (χ0n) is 11.4. The Morgan fingerprint density at radius 3 is 2.59 bits per heavy atom. The summed E-state index contributed by atoms with van der Waals surface area (Å²) in [6, 6.07) is 6.71. The Balaban J connectivity index is 1.97. The average Bonchev–Trinajstić information content (AvgIpc) is 2.51. The van der Waals surface area contributed by atoms with E-state index in [4.69, 9.17) is 5.11 Å². The Kier molecular flexibility index (Phi) is 5.00. The smallest absolute Gasteiger partial charge is 0.319 e. The first kappa shape index (κ1) is 15.8. The number of urea groups is 1. The fourth-order valence-electron chi connectivity index (χ4n) is 1.81. The summed E-state index contributed by atoms with van der Waals surface area (Å²) in [4.78, 5) is 11.6. The van der Waals surface area contributed by atoms with Gasteiger partial charge in [-0.3, -0.25) is 0 Å². The topological polar surface area (TPSA) is 61.4 Å². The Hall–Kier alpha value is -2.54. The summed E-state index contributed by atoms with van der Waals surface area (Å²) in [5, 5.41) is 13.5. The first-order valence-corrected chi connectivity index (χ1v) is 6.38. The summed E-state index contributed by atoms with van der Waals surface area (Å²) < 4.78 is 39.6. The van der Waals surface area contributed by atoms with Gasteiger partial charge in [-0.1, -0.05) is 12.1 Å². The normalized spacial score (nSPS) is 10.4. The molecule has 0 atom stereocenters. The molecular formula is C15H13F3N2O2. The number of hydrogen-bond donors (Lipinski definition) is 3. The van der Waals surface area contributed by atoms with Crippen LogP contribution in [0.15, 0.2) is 36.4 Å². The number of amides is 2. The third-order valence-electron chi connectivity index (χ3n) is 2.93. The maximum absolute atomic E-state index is 13.4. The fraction of sp³-hybridized carbons (Fsp3) is 0.133. The quantitative estimate of drug-likeness (QED) is 0.813. The number of nitrogens with one attached hydrogen (secondary N) is 2. The highest BCUT2D eigenvalue weighted by Gasteiger charge is 2.10. The molecule has 2 rings (SSSR count). The number of aliphatic hydroxyl groups excluding tert-OH is 1. The molecule has 4 nitrogen and oxygen atoms in total. The van der Waals surface area contributed by atoms with Gasteiger partial charge in [0.15, 0.2) is 11.6 Å². The summed E-state index contributed by atoms with van der Waals surface area (Å²) in [6.45, 7) is -0.420. The van der Waals surface area contributed by atoms with Crippen molar-refractivity contribution in [3.63, 3.8) is 0 Å². The molecule has 2 aromatic carbocycles. The predicted molar refractivity (Wildman–Crippen MR) is 74.5 cm³/mol. The van der Waals surface area contributed by atoms with E-state index in [0.29, 0.717) is 5.56 Å². The molecule has 0 aliphatic carbocycles. The van der Waals surface area contributed by atoms with E-state index in [1.54, 1.807) is 0 Å². The molecule has 0 saturated heterocycles. The van der Waals surface area contributed by atoms with Gasteiger partial charge in [0, 0.05) is 12.1 Å².